The Kier molecular flexibility index (Phi) is 8.46. The highest BCUT2D eigenvalue weighted by molar-refractivity contribution is 4.72. The van der Waals surface area contributed by atoms with Gasteiger partial charge >= 0.3 is 0 Å². The van der Waals surface area contributed by atoms with Crippen molar-refractivity contribution in [2.24, 2.45) is 0 Å². The number of aliphatic hydroxyl groups is 1. The normalized spacial score (nSPS) is 13.6. The summed E-state index contributed by atoms with van der Waals surface area (Å²) in [6.45, 7) is 6.80. The fourth-order valence-electron chi connectivity index (χ4n) is 1.64. The Labute approximate surface area is 82.7 Å². The van der Waals surface area contributed by atoms with Gasteiger partial charge in [-0.1, -0.05) is 33.6 Å². The molecule has 0 spiro atoms. The molecule has 0 aliphatic rings. The first-order valence-corrected chi connectivity index (χ1v) is 5.65. The van der Waals surface area contributed by atoms with Crippen LogP contribution in [0.25, 0.3) is 0 Å². The summed E-state index contributed by atoms with van der Waals surface area (Å²) < 4.78 is 0. The molecule has 13 heavy (non-hydrogen) atoms. The lowest BCUT2D eigenvalue weighted by Gasteiger charge is -2.23. The molecular weight excluding hydrogens is 162 g/mol. The van der Waals surface area contributed by atoms with Crippen molar-refractivity contribution >= 4 is 0 Å². The lowest BCUT2D eigenvalue weighted by Crippen LogP contribution is -2.40. The Bertz CT molecular complexity index is 96.3. The quantitative estimate of drug-likeness (QED) is 0.611. The largest absolute Gasteiger partial charge is 0.395 e. The van der Waals surface area contributed by atoms with E-state index in [9.17, 15) is 0 Å². The van der Waals surface area contributed by atoms with E-state index in [1.165, 1.54) is 25.7 Å². The molecule has 0 unspecified atom stereocenters. The maximum atomic E-state index is 9.05. The van der Waals surface area contributed by atoms with E-state index >= 15 is 0 Å². The molecule has 1 atom stereocenters. The zero-order chi connectivity index (χ0) is 10.1. The predicted octanol–water partition coefficient (Wildman–Crippen LogP) is 2.32. The molecule has 0 aromatic rings. The fourth-order valence-corrected chi connectivity index (χ4v) is 1.64. The van der Waals surface area contributed by atoms with E-state index in [2.05, 4.69) is 26.1 Å². The standard InChI is InChI=1S/C11H25NO/c1-4-7-11(8-5-2)12-10(6-3)9-13/h10-13H,4-9H2,1-3H3/t10-/m1/s1. The Morgan fingerprint density at radius 2 is 1.54 bits per heavy atom. The zero-order valence-corrected chi connectivity index (χ0v) is 9.34. The number of aliphatic hydroxyl groups excluding tert-OH is 1. The monoisotopic (exact) mass is 187 g/mol. The van der Waals surface area contributed by atoms with Crippen LogP contribution in [0.2, 0.25) is 0 Å². The Morgan fingerprint density at radius 3 is 1.85 bits per heavy atom. The van der Waals surface area contributed by atoms with Crippen molar-refractivity contribution in [3.8, 4) is 0 Å². The van der Waals surface area contributed by atoms with Gasteiger partial charge < -0.3 is 10.4 Å². The summed E-state index contributed by atoms with van der Waals surface area (Å²) in [4.78, 5) is 0. The van der Waals surface area contributed by atoms with Crippen molar-refractivity contribution in [3.05, 3.63) is 0 Å². The average Bonchev–Trinajstić information content (AvgIpc) is 2.14. The maximum absolute atomic E-state index is 9.05. The van der Waals surface area contributed by atoms with Gasteiger partial charge in [0.2, 0.25) is 0 Å². The molecule has 2 N–H and O–H groups in total. The molecule has 0 heterocycles. The van der Waals surface area contributed by atoms with Crippen LogP contribution in [-0.2, 0) is 0 Å². The SMILES string of the molecule is CCCC(CCC)N[C@H](CC)CO. The molecule has 0 saturated heterocycles. The van der Waals surface area contributed by atoms with E-state index in [1.807, 2.05) is 0 Å². The second-order valence-electron chi connectivity index (χ2n) is 3.73. The van der Waals surface area contributed by atoms with E-state index in [1.54, 1.807) is 0 Å². The van der Waals surface area contributed by atoms with Gasteiger partial charge in [0.25, 0.3) is 0 Å². The van der Waals surface area contributed by atoms with Crippen molar-refractivity contribution in [1.82, 2.24) is 5.32 Å². The van der Waals surface area contributed by atoms with Crippen molar-refractivity contribution < 1.29 is 5.11 Å². The van der Waals surface area contributed by atoms with Crippen LogP contribution in [0.3, 0.4) is 0 Å². The molecule has 2 nitrogen and oxygen atoms in total. The molecule has 0 aliphatic carbocycles. The van der Waals surface area contributed by atoms with Crippen LogP contribution < -0.4 is 5.32 Å². The van der Waals surface area contributed by atoms with Crippen LogP contribution >= 0.6 is 0 Å². The highest BCUT2D eigenvalue weighted by Gasteiger charge is 2.11. The second-order valence-corrected chi connectivity index (χ2v) is 3.73. The van der Waals surface area contributed by atoms with Crippen LogP contribution in [-0.4, -0.2) is 23.8 Å². The third-order valence-electron chi connectivity index (χ3n) is 2.46. The summed E-state index contributed by atoms with van der Waals surface area (Å²) in [6, 6.07) is 0.898. The van der Waals surface area contributed by atoms with E-state index in [4.69, 9.17) is 5.11 Å². The van der Waals surface area contributed by atoms with E-state index < -0.39 is 0 Å². The van der Waals surface area contributed by atoms with Crippen LogP contribution in [0.4, 0.5) is 0 Å². The maximum Gasteiger partial charge on any atom is 0.0584 e. The predicted molar refractivity (Wildman–Crippen MR) is 57.9 cm³/mol. The highest BCUT2D eigenvalue weighted by atomic mass is 16.3. The molecule has 0 saturated carbocycles. The highest BCUT2D eigenvalue weighted by Crippen LogP contribution is 2.06. The van der Waals surface area contributed by atoms with Gasteiger partial charge in [-0.25, -0.2) is 0 Å². The van der Waals surface area contributed by atoms with Crippen molar-refractivity contribution in [1.29, 1.82) is 0 Å². The first kappa shape index (κ1) is 12.9. The third-order valence-corrected chi connectivity index (χ3v) is 2.46. The third kappa shape index (κ3) is 6.05. The minimum atomic E-state index is 0.264. The van der Waals surface area contributed by atoms with E-state index in [0.29, 0.717) is 12.1 Å². The molecule has 0 aromatic heterocycles. The minimum Gasteiger partial charge on any atom is -0.395 e. The Hall–Kier alpha value is -0.0800. The number of hydrogen-bond donors (Lipinski definition) is 2. The summed E-state index contributed by atoms with van der Waals surface area (Å²) in [7, 11) is 0. The van der Waals surface area contributed by atoms with Gasteiger partial charge in [-0.2, -0.15) is 0 Å². The summed E-state index contributed by atoms with van der Waals surface area (Å²) in [5.74, 6) is 0. The summed E-state index contributed by atoms with van der Waals surface area (Å²) >= 11 is 0. The van der Waals surface area contributed by atoms with Crippen molar-refractivity contribution in [3.63, 3.8) is 0 Å². The molecule has 0 aliphatic heterocycles. The van der Waals surface area contributed by atoms with Crippen LogP contribution in [0, 0.1) is 0 Å². The lowest BCUT2D eigenvalue weighted by molar-refractivity contribution is 0.222. The molecule has 0 bridgehead atoms. The van der Waals surface area contributed by atoms with Gasteiger partial charge in [-0.15, -0.1) is 0 Å². The molecule has 0 rings (SSSR count). The molecule has 2 heteroatoms. The van der Waals surface area contributed by atoms with Gasteiger partial charge in [0, 0.05) is 12.1 Å². The smallest absolute Gasteiger partial charge is 0.0584 e. The van der Waals surface area contributed by atoms with Gasteiger partial charge in [-0.05, 0) is 19.3 Å². The molecular formula is C11H25NO. The lowest BCUT2D eigenvalue weighted by atomic mass is 10.1. The van der Waals surface area contributed by atoms with Gasteiger partial charge in [0.05, 0.1) is 6.61 Å². The minimum absolute atomic E-state index is 0.264. The molecule has 0 aromatic carbocycles. The van der Waals surface area contributed by atoms with E-state index in [-0.39, 0.29) is 6.61 Å². The average molecular weight is 187 g/mol. The molecule has 0 fully saturated rings. The van der Waals surface area contributed by atoms with Gasteiger partial charge in [-0.3, -0.25) is 0 Å². The molecule has 80 valence electrons. The second kappa shape index (κ2) is 8.52. The Balaban J connectivity index is 3.76. The van der Waals surface area contributed by atoms with Crippen LogP contribution in [0.15, 0.2) is 0 Å². The summed E-state index contributed by atoms with van der Waals surface area (Å²) in [5, 5.41) is 12.6. The van der Waals surface area contributed by atoms with Crippen LogP contribution in [0.1, 0.15) is 52.9 Å². The Morgan fingerprint density at radius 1 is 1.00 bits per heavy atom. The zero-order valence-electron chi connectivity index (χ0n) is 9.34. The topological polar surface area (TPSA) is 32.3 Å². The summed E-state index contributed by atoms with van der Waals surface area (Å²) in [5.41, 5.74) is 0. The number of rotatable bonds is 8. The summed E-state index contributed by atoms with van der Waals surface area (Å²) in [6.07, 6.45) is 5.91. The van der Waals surface area contributed by atoms with Crippen molar-refractivity contribution in [2.45, 2.75) is 65.0 Å². The van der Waals surface area contributed by atoms with Gasteiger partial charge in [0.1, 0.15) is 0 Å². The molecule has 0 radical (unpaired) electrons. The fraction of sp³-hybridized carbons (Fsp3) is 1.00. The number of nitrogens with one attached hydrogen (secondary N) is 1. The van der Waals surface area contributed by atoms with Gasteiger partial charge in [0.15, 0.2) is 0 Å². The van der Waals surface area contributed by atoms with E-state index in [0.717, 1.165) is 6.42 Å². The van der Waals surface area contributed by atoms with Crippen molar-refractivity contribution in [2.75, 3.05) is 6.61 Å². The first-order chi connectivity index (χ1) is 6.28. The van der Waals surface area contributed by atoms with Crippen LogP contribution in [0.5, 0.6) is 0 Å². The first-order valence-electron chi connectivity index (χ1n) is 5.65. The molecule has 0 amide bonds. The number of hydrogen-bond acceptors (Lipinski definition) is 2.